The first-order valence-electron chi connectivity index (χ1n) is 6.31. The maximum atomic E-state index is 11.8. The lowest BCUT2D eigenvalue weighted by molar-refractivity contribution is -0.155. The third-order valence-corrected chi connectivity index (χ3v) is 2.75. The molecule has 0 aromatic heterocycles. The van der Waals surface area contributed by atoms with Gasteiger partial charge in [0.2, 0.25) is 0 Å². The van der Waals surface area contributed by atoms with Crippen LogP contribution in [0, 0.1) is 6.92 Å². The quantitative estimate of drug-likeness (QED) is 0.835. The van der Waals surface area contributed by atoms with Crippen LogP contribution in [0.3, 0.4) is 0 Å². The van der Waals surface area contributed by atoms with Crippen molar-refractivity contribution >= 4 is 5.97 Å². The number of ether oxygens (including phenoxy) is 1. The molecule has 1 atom stereocenters. The van der Waals surface area contributed by atoms with Gasteiger partial charge in [0.25, 0.3) is 0 Å². The first-order valence-corrected chi connectivity index (χ1v) is 6.31. The van der Waals surface area contributed by atoms with Crippen molar-refractivity contribution in [1.29, 1.82) is 0 Å². The number of aryl methyl sites for hydroxylation is 1. The summed E-state index contributed by atoms with van der Waals surface area (Å²) in [5, 5.41) is 0. The molecule has 1 unspecified atom stereocenters. The molecule has 0 saturated heterocycles. The molecule has 1 rings (SSSR count). The molecule has 0 radical (unpaired) electrons. The molecular weight excluding hydrogens is 226 g/mol. The lowest BCUT2D eigenvalue weighted by Gasteiger charge is -2.22. The third-order valence-electron chi connectivity index (χ3n) is 2.75. The van der Waals surface area contributed by atoms with Crippen molar-refractivity contribution in [3.8, 4) is 0 Å². The summed E-state index contributed by atoms with van der Waals surface area (Å²) in [5.41, 5.74) is 7.63. The minimum absolute atomic E-state index is 0.0287. The minimum atomic E-state index is -0.442. The Balaban J connectivity index is 2.74. The highest BCUT2D eigenvalue weighted by Crippen LogP contribution is 2.23. The Labute approximate surface area is 109 Å². The lowest BCUT2D eigenvalue weighted by atomic mass is 9.92. The summed E-state index contributed by atoms with van der Waals surface area (Å²) in [5.74, 6) is -0.165. The van der Waals surface area contributed by atoms with Crippen LogP contribution in [0.15, 0.2) is 24.3 Å². The van der Waals surface area contributed by atoms with Crippen molar-refractivity contribution in [3.63, 3.8) is 0 Å². The SMILES string of the molecule is Cc1ccccc1C(CN)CC(=O)OC(C)(C)C. The van der Waals surface area contributed by atoms with Gasteiger partial charge in [-0.2, -0.15) is 0 Å². The molecule has 0 aliphatic heterocycles. The van der Waals surface area contributed by atoms with E-state index < -0.39 is 5.60 Å². The van der Waals surface area contributed by atoms with E-state index in [9.17, 15) is 4.79 Å². The lowest BCUT2D eigenvalue weighted by Crippen LogP contribution is -2.26. The number of carbonyl (C=O) groups excluding carboxylic acids is 1. The Hall–Kier alpha value is -1.35. The van der Waals surface area contributed by atoms with E-state index in [2.05, 4.69) is 0 Å². The van der Waals surface area contributed by atoms with Crippen molar-refractivity contribution in [2.24, 2.45) is 5.73 Å². The number of benzene rings is 1. The fraction of sp³-hybridized carbons (Fsp3) is 0.533. The summed E-state index contributed by atoms with van der Waals surface area (Å²) < 4.78 is 5.34. The van der Waals surface area contributed by atoms with E-state index in [-0.39, 0.29) is 11.9 Å². The Bertz CT molecular complexity index is 407. The Kier molecular flexibility index (Phi) is 4.91. The standard InChI is InChI=1S/C15H23NO2/c1-11-7-5-6-8-13(11)12(10-16)9-14(17)18-15(2,3)4/h5-8,12H,9-10,16H2,1-4H3. The van der Waals surface area contributed by atoms with Crippen LogP contribution in [-0.2, 0) is 9.53 Å². The van der Waals surface area contributed by atoms with E-state index in [1.54, 1.807) is 0 Å². The van der Waals surface area contributed by atoms with Gasteiger partial charge in [-0.25, -0.2) is 0 Å². The molecule has 0 aliphatic carbocycles. The number of hydrogen-bond donors (Lipinski definition) is 1. The fourth-order valence-corrected chi connectivity index (χ4v) is 1.95. The summed E-state index contributed by atoms with van der Waals surface area (Å²) in [6.45, 7) is 8.10. The second kappa shape index (κ2) is 6.01. The molecule has 1 aromatic carbocycles. The largest absolute Gasteiger partial charge is 0.460 e. The van der Waals surface area contributed by atoms with Crippen LogP contribution in [0.4, 0.5) is 0 Å². The number of carbonyl (C=O) groups is 1. The number of hydrogen-bond acceptors (Lipinski definition) is 3. The highest BCUT2D eigenvalue weighted by Gasteiger charge is 2.21. The molecule has 0 aliphatic rings. The van der Waals surface area contributed by atoms with E-state index in [0.29, 0.717) is 13.0 Å². The molecule has 0 saturated carbocycles. The summed E-state index contributed by atoms with van der Waals surface area (Å²) in [6.07, 6.45) is 0.332. The first-order chi connectivity index (χ1) is 8.33. The summed E-state index contributed by atoms with van der Waals surface area (Å²) in [6, 6.07) is 8.02. The summed E-state index contributed by atoms with van der Waals surface area (Å²) >= 11 is 0. The molecule has 0 amide bonds. The van der Waals surface area contributed by atoms with Crippen molar-refractivity contribution in [1.82, 2.24) is 0 Å². The first kappa shape index (κ1) is 14.7. The van der Waals surface area contributed by atoms with E-state index in [1.807, 2.05) is 52.0 Å². The average Bonchev–Trinajstić information content (AvgIpc) is 2.24. The van der Waals surface area contributed by atoms with Crippen LogP contribution < -0.4 is 5.73 Å². The normalized spacial score (nSPS) is 13.2. The predicted octanol–water partition coefficient (Wildman–Crippen LogP) is 2.77. The highest BCUT2D eigenvalue weighted by molar-refractivity contribution is 5.71. The maximum Gasteiger partial charge on any atom is 0.306 e. The smallest absolute Gasteiger partial charge is 0.306 e. The van der Waals surface area contributed by atoms with E-state index in [1.165, 1.54) is 0 Å². The van der Waals surface area contributed by atoms with Gasteiger partial charge < -0.3 is 10.5 Å². The molecule has 2 N–H and O–H groups in total. The third kappa shape index (κ3) is 4.49. The zero-order valence-corrected chi connectivity index (χ0v) is 11.7. The second-order valence-electron chi connectivity index (χ2n) is 5.58. The van der Waals surface area contributed by atoms with Gasteiger partial charge in [0, 0.05) is 5.92 Å². The average molecular weight is 249 g/mol. The Morgan fingerprint density at radius 3 is 2.44 bits per heavy atom. The molecular formula is C15H23NO2. The zero-order valence-electron chi connectivity index (χ0n) is 11.7. The Morgan fingerprint density at radius 1 is 1.33 bits per heavy atom. The van der Waals surface area contributed by atoms with Crippen LogP contribution in [0.25, 0.3) is 0 Å². The number of rotatable bonds is 4. The summed E-state index contributed by atoms with van der Waals surface area (Å²) in [4.78, 5) is 11.8. The maximum absolute atomic E-state index is 11.8. The topological polar surface area (TPSA) is 52.3 Å². The van der Waals surface area contributed by atoms with Crippen LogP contribution >= 0.6 is 0 Å². The molecule has 3 nitrogen and oxygen atoms in total. The van der Waals surface area contributed by atoms with E-state index in [0.717, 1.165) is 11.1 Å². The number of esters is 1. The van der Waals surface area contributed by atoms with Gasteiger partial charge in [-0.05, 0) is 45.4 Å². The summed E-state index contributed by atoms with van der Waals surface area (Å²) in [7, 11) is 0. The fourth-order valence-electron chi connectivity index (χ4n) is 1.95. The molecule has 0 heterocycles. The van der Waals surface area contributed by atoms with E-state index >= 15 is 0 Å². The Morgan fingerprint density at radius 2 is 1.94 bits per heavy atom. The predicted molar refractivity (Wildman–Crippen MR) is 73.4 cm³/mol. The van der Waals surface area contributed by atoms with Crippen molar-refractivity contribution < 1.29 is 9.53 Å². The second-order valence-corrected chi connectivity index (χ2v) is 5.58. The van der Waals surface area contributed by atoms with E-state index in [4.69, 9.17) is 10.5 Å². The molecule has 3 heteroatoms. The van der Waals surface area contributed by atoms with Gasteiger partial charge >= 0.3 is 5.97 Å². The molecule has 0 bridgehead atoms. The van der Waals surface area contributed by atoms with Gasteiger partial charge in [0.05, 0.1) is 6.42 Å². The monoisotopic (exact) mass is 249 g/mol. The van der Waals surface area contributed by atoms with Gasteiger partial charge in [-0.3, -0.25) is 4.79 Å². The molecule has 0 fully saturated rings. The van der Waals surface area contributed by atoms with Crippen molar-refractivity contribution in [2.45, 2.75) is 45.6 Å². The number of nitrogens with two attached hydrogens (primary N) is 1. The minimum Gasteiger partial charge on any atom is -0.460 e. The van der Waals surface area contributed by atoms with Gasteiger partial charge in [-0.15, -0.1) is 0 Å². The van der Waals surface area contributed by atoms with Crippen molar-refractivity contribution in [2.75, 3.05) is 6.54 Å². The van der Waals surface area contributed by atoms with Crippen molar-refractivity contribution in [3.05, 3.63) is 35.4 Å². The molecule has 0 spiro atoms. The van der Waals surface area contributed by atoms with Gasteiger partial charge in [0.15, 0.2) is 0 Å². The van der Waals surface area contributed by atoms with Crippen LogP contribution in [0.1, 0.15) is 44.2 Å². The highest BCUT2D eigenvalue weighted by atomic mass is 16.6. The molecule has 100 valence electrons. The zero-order chi connectivity index (χ0) is 13.8. The van der Waals surface area contributed by atoms with Gasteiger partial charge in [0.1, 0.15) is 5.60 Å². The molecule has 1 aromatic rings. The van der Waals surface area contributed by atoms with Crippen LogP contribution in [0.2, 0.25) is 0 Å². The van der Waals surface area contributed by atoms with Gasteiger partial charge in [-0.1, -0.05) is 24.3 Å². The molecule has 18 heavy (non-hydrogen) atoms. The van der Waals surface area contributed by atoms with Crippen LogP contribution in [-0.4, -0.2) is 18.1 Å². The van der Waals surface area contributed by atoms with Crippen LogP contribution in [0.5, 0.6) is 0 Å².